The van der Waals surface area contributed by atoms with Crippen molar-refractivity contribution in [3.63, 3.8) is 0 Å². The van der Waals surface area contributed by atoms with Gasteiger partial charge in [-0.1, -0.05) is 0 Å². The second kappa shape index (κ2) is 3.79. The summed E-state index contributed by atoms with van der Waals surface area (Å²) in [5.41, 5.74) is 0. The van der Waals surface area contributed by atoms with Crippen molar-refractivity contribution in [1.82, 2.24) is 0 Å². The highest BCUT2D eigenvalue weighted by molar-refractivity contribution is 7.91. The van der Waals surface area contributed by atoms with Crippen molar-refractivity contribution in [3.8, 4) is 5.75 Å². The number of hydrogen-bond acceptors (Lipinski definition) is 3. The summed E-state index contributed by atoms with van der Waals surface area (Å²) in [7, 11) is -1.66. The fourth-order valence-electron chi connectivity index (χ4n) is 0.901. The molecule has 0 aliphatic carbocycles. The number of ether oxygens (including phenoxy) is 1. The molecular formula is C9H11O3S. The molecule has 1 aromatic carbocycles. The minimum absolute atomic E-state index is 0.126. The van der Waals surface area contributed by atoms with E-state index in [1.54, 1.807) is 12.1 Å². The van der Waals surface area contributed by atoms with Crippen LogP contribution in [-0.2, 0) is 9.84 Å². The van der Waals surface area contributed by atoms with Crippen molar-refractivity contribution in [2.24, 2.45) is 0 Å². The zero-order valence-electron chi connectivity index (χ0n) is 7.36. The van der Waals surface area contributed by atoms with Crippen LogP contribution in [0.4, 0.5) is 0 Å². The Morgan fingerprint density at radius 2 is 1.85 bits per heavy atom. The van der Waals surface area contributed by atoms with E-state index in [2.05, 4.69) is 6.92 Å². The van der Waals surface area contributed by atoms with E-state index < -0.39 is 9.84 Å². The van der Waals surface area contributed by atoms with Crippen LogP contribution in [0.1, 0.15) is 0 Å². The molecule has 0 unspecified atom stereocenters. The summed E-state index contributed by atoms with van der Waals surface area (Å²) >= 11 is 0. The summed E-state index contributed by atoms with van der Waals surface area (Å²) in [6.45, 7) is 3.36. The van der Waals surface area contributed by atoms with Crippen LogP contribution in [0.15, 0.2) is 29.2 Å². The molecule has 0 fully saturated rings. The maximum Gasteiger partial charge on any atom is 0.178 e. The van der Waals surface area contributed by atoms with E-state index in [4.69, 9.17) is 4.74 Å². The predicted octanol–water partition coefficient (Wildman–Crippen LogP) is 1.30. The van der Waals surface area contributed by atoms with Crippen LogP contribution >= 0.6 is 0 Å². The predicted molar refractivity (Wildman–Crippen MR) is 50.4 cm³/mol. The molecule has 0 N–H and O–H groups in total. The molecule has 0 aromatic heterocycles. The quantitative estimate of drug-likeness (QED) is 0.737. The molecular weight excluding hydrogens is 188 g/mol. The summed E-state index contributed by atoms with van der Waals surface area (Å²) < 4.78 is 27.5. The second-order valence-corrected chi connectivity index (χ2v) is 4.60. The number of sulfone groups is 1. The zero-order chi connectivity index (χ0) is 9.90. The molecule has 1 rings (SSSR count). The molecule has 0 bridgehead atoms. The molecule has 3 nitrogen and oxygen atoms in total. The highest BCUT2D eigenvalue weighted by Gasteiger charge is 2.10. The lowest BCUT2D eigenvalue weighted by molar-refractivity contribution is 0.414. The van der Waals surface area contributed by atoms with E-state index in [0.717, 1.165) is 0 Å². The van der Waals surface area contributed by atoms with Gasteiger partial charge in [-0.25, -0.2) is 8.42 Å². The van der Waals surface area contributed by atoms with Crippen molar-refractivity contribution >= 4 is 9.84 Å². The summed E-state index contributed by atoms with van der Waals surface area (Å²) in [4.78, 5) is 0.281. The minimum atomic E-state index is -3.19. The van der Waals surface area contributed by atoms with Crippen LogP contribution in [0.25, 0.3) is 0 Å². The summed E-state index contributed by atoms with van der Waals surface area (Å²) in [5.74, 6) is 0.516. The molecule has 13 heavy (non-hydrogen) atoms. The third-order valence-electron chi connectivity index (χ3n) is 1.69. The molecule has 4 heteroatoms. The minimum Gasteiger partial charge on any atom is -0.497 e. The van der Waals surface area contributed by atoms with E-state index in [1.165, 1.54) is 19.2 Å². The van der Waals surface area contributed by atoms with Crippen LogP contribution in [0.2, 0.25) is 0 Å². The Morgan fingerprint density at radius 3 is 2.23 bits per heavy atom. The van der Waals surface area contributed by atoms with Gasteiger partial charge in [-0.15, -0.1) is 0 Å². The normalized spacial score (nSPS) is 11.2. The molecule has 0 aliphatic heterocycles. The first-order valence-corrected chi connectivity index (χ1v) is 5.41. The Labute approximate surface area is 78.3 Å². The Morgan fingerprint density at radius 1 is 1.31 bits per heavy atom. The van der Waals surface area contributed by atoms with Gasteiger partial charge in [0.15, 0.2) is 9.84 Å². The van der Waals surface area contributed by atoms with Crippen molar-refractivity contribution in [3.05, 3.63) is 31.2 Å². The molecule has 71 valence electrons. The first-order valence-electron chi connectivity index (χ1n) is 3.76. The fraction of sp³-hybridized carbons (Fsp3) is 0.222. The first-order chi connectivity index (χ1) is 6.10. The van der Waals surface area contributed by atoms with Gasteiger partial charge in [0.05, 0.1) is 17.8 Å². The first kappa shape index (κ1) is 10.1. The van der Waals surface area contributed by atoms with Crippen LogP contribution in [0, 0.1) is 6.92 Å². The summed E-state index contributed by atoms with van der Waals surface area (Å²) in [6, 6.07) is 6.25. The number of benzene rings is 1. The Balaban J connectivity index is 3.06. The van der Waals surface area contributed by atoms with Crippen LogP contribution < -0.4 is 4.74 Å². The zero-order valence-corrected chi connectivity index (χ0v) is 8.17. The van der Waals surface area contributed by atoms with Crippen LogP contribution in [0.5, 0.6) is 5.75 Å². The average Bonchev–Trinajstić information content (AvgIpc) is 2.18. The largest absolute Gasteiger partial charge is 0.497 e. The van der Waals surface area contributed by atoms with Gasteiger partial charge in [0.1, 0.15) is 5.75 Å². The van der Waals surface area contributed by atoms with Crippen LogP contribution in [0.3, 0.4) is 0 Å². The molecule has 0 heterocycles. The van der Waals surface area contributed by atoms with Gasteiger partial charge in [-0.2, -0.15) is 0 Å². The van der Waals surface area contributed by atoms with Gasteiger partial charge in [0, 0.05) is 0 Å². The maximum atomic E-state index is 11.3. The summed E-state index contributed by atoms with van der Waals surface area (Å²) in [6.07, 6.45) is 0. The number of rotatable bonds is 3. The van der Waals surface area contributed by atoms with Crippen molar-refractivity contribution in [2.45, 2.75) is 4.90 Å². The Bertz CT molecular complexity index is 364. The van der Waals surface area contributed by atoms with E-state index in [0.29, 0.717) is 5.75 Å². The third kappa shape index (κ3) is 2.21. The molecule has 0 saturated heterocycles. The van der Waals surface area contributed by atoms with E-state index in [9.17, 15) is 8.42 Å². The van der Waals surface area contributed by atoms with Crippen molar-refractivity contribution in [2.75, 3.05) is 12.9 Å². The molecule has 0 atom stereocenters. The topological polar surface area (TPSA) is 43.4 Å². The second-order valence-electron chi connectivity index (χ2n) is 2.49. The number of hydrogen-bond donors (Lipinski definition) is 0. The molecule has 0 spiro atoms. The van der Waals surface area contributed by atoms with Gasteiger partial charge in [-0.05, 0) is 31.2 Å². The van der Waals surface area contributed by atoms with E-state index >= 15 is 0 Å². The lowest BCUT2D eigenvalue weighted by Crippen LogP contribution is -2.03. The van der Waals surface area contributed by atoms with Gasteiger partial charge in [0.2, 0.25) is 0 Å². The van der Waals surface area contributed by atoms with Gasteiger partial charge < -0.3 is 4.74 Å². The maximum absolute atomic E-state index is 11.3. The molecule has 0 saturated carbocycles. The van der Waals surface area contributed by atoms with Gasteiger partial charge in [-0.3, -0.25) is 0 Å². The highest BCUT2D eigenvalue weighted by atomic mass is 32.2. The van der Waals surface area contributed by atoms with Gasteiger partial charge in [0.25, 0.3) is 0 Å². The Kier molecular flexibility index (Phi) is 2.93. The third-order valence-corrected chi connectivity index (χ3v) is 3.22. The lowest BCUT2D eigenvalue weighted by atomic mass is 10.3. The SMILES string of the molecule is [CH2]CS(=O)(=O)c1ccc(OC)cc1. The fourth-order valence-corrected chi connectivity index (χ4v) is 1.69. The van der Waals surface area contributed by atoms with E-state index in [1.807, 2.05) is 0 Å². The van der Waals surface area contributed by atoms with Gasteiger partial charge >= 0.3 is 0 Å². The lowest BCUT2D eigenvalue weighted by Gasteiger charge is -2.02. The highest BCUT2D eigenvalue weighted by Crippen LogP contribution is 2.16. The smallest absolute Gasteiger partial charge is 0.178 e. The van der Waals surface area contributed by atoms with Crippen LogP contribution in [-0.4, -0.2) is 21.3 Å². The monoisotopic (exact) mass is 199 g/mol. The molecule has 1 aromatic rings. The molecule has 0 amide bonds. The standard InChI is InChI=1S/C9H11O3S/c1-3-13(10,11)9-6-4-8(12-2)5-7-9/h4-7H,1,3H2,2H3. The summed E-state index contributed by atoms with van der Waals surface area (Å²) in [5, 5.41) is 0. The van der Waals surface area contributed by atoms with E-state index in [-0.39, 0.29) is 10.6 Å². The Hall–Kier alpha value is -1.03. The van der Waals surface area contributed by atoms with Crippen molar-refractivity contribution < 1.29 is 13.2 Å². The van der Waals surface area contributed by atoms with Crippen molar-refractivity contribution in [1.29, 1.82) is 0 Å². The average molecular weight is 199 g/mol. The number of methoxy groups -OCH3 is 1. The molecule has 1 radical (unpaired) electrons. The molecule has 0 aliphatic rings.